The molecule has 2 aromatic heterocycles. The summed E-state index contributed by atoms with van der Waals surface area (Å²) in [5, 5.41) is 31.1. The molecule has 29 heavy (non-hydrogen) atoms. The summed E-state index contributed by atoms with van der Waals surface area (Å²) >= 11 is 0. The number of hydrogen-bond acceptors (Lipinski definition) is 8. The van der Waals surface area contributed by atoms with E-state index in [2.05, 4.69) is 15.9 Å². The molecule has 9 heteroatoms. The van der Waals surface area contributed by atoms with Gasteiger partial charge in [-0.3, -0.25) is 4.79 Å². The number of ketones is 1. The number of ether oxygens (including phenoxy) is 1. The van der Waals surface area contributed by atoms with E-state index >= 15 is 0 Å². The molecule has 0 unspecified atom stereocenters. The molecule has 3 heterocycles. The monoisotopic (exact) mass is 400 g/mol. The fourth-order valence-corrected chi connectivity index (χ4v) is 4.41. The molecule has 4 atom stereocenters. The second-order valence-electron chi connectivity index (χ2n) is 7.73. The van der Waals surface area contributed by atoms with Gasteiger partial charge in [-0.1, -0.05) is 25.2 Å². The Hall–Kier alpha value is -2.51. The summed E-state index contributed by atoms with van der Waals surface area (Å²) < 4.78 is 7.06. The Bertz CT molecular complexity index is 977. The second kappa shape index (κ2) is 7.39. The molecule has 5 N–H and O–H groups in total. The summed E-state index contributed by atoms with van der Waals surface area (Å²) in [6.45, 7) is -0.536. The van der Waals surface area contributed by atoms with Gasteiger partial charge >= 0.3 is 0 Å². The lowest BCUT2D eigenvalue weighted by molar-refractivity contribution is -0.0718. The summed E-state index contributed by atoms with van der Waals surface area (Å²) in [7, 11) is 0. The predicted octanol–water partition coefficient (Wildman–Crippen LogP) is 0.391. The first-order valence-corrected chi connectivity index (χ1v) is 9.72. The van der Waals surface area contributed by atoms with Crippen LogP contribution in [0.4, 0.5) is 5.82 Å². The third-order valence-electron chi connectivity index (χ3n) is 6.03. The van der Waals surface area contributed by atoms with Crippen molar-refractivity contribution in [1.82, 2.24) is 14.5 Å². The summed E-state index contributed by atoms with van der Waals surface area (Å²) in [6.07, 6.45) is 9.10. The minimum Gasteiger partial charge on any atom is -0.394 e. The average molecular weight is 400 g/mol. The van der Waals surface area contributed by atoms with Gasteiger partial charge in [0, 0.05) is 17.7 Å². The maximum atomic E-state index is 13.3. The Morgan fingerprint density at radius 3 is 2.76 bits per heavy atom. The molecule has 0 spiro atoms. The van der Waals surface area contributed by atoms with Crippen LogP contribution in [0.2, 0.25) is 0 Å². The minimum absolute atomic E-state index is 0.0588. The van der Waals surface area contributed by atoms with E-state index in [0.29, 0.717) is 10.9 Å². The van der Waals surface area contributed by atoms with Gasteiger partial charge in [-0.25, -0.2) is 9.97 Å². The molecule has 0 radical (unpaired) electrons. The number of terminal acetylenes is 1. The standard InChI is InChI=1S/C20H24N4O5/c1-2-20(28)16(27)13(9-25)29-19(20)24-8-12(14-17(21)22-10-23-18(14)24)15(26)11-6-4-3-5-7-11/h1,8,10-11,13,16,19,25,27-28H,3-7,9H2,(H2,21,22,23)/t13-,16-,19-,20+/m1/s1. The van der Waals surface area contributed by atoms with Gasteiger partial charge in [0.2, 0.25) is 0 Å². The molecule has 0 bridgehead atoms. The fraction of sp³-hybridized carbons (Fsp3) is 0.550. The van der Waals surface area contributed by atoms with Gasteiger partial charge in [0.15, 0.2) is 17.6 Å². The first-order chi connectivity index (χ1) is 13.9. The van der Waals surface area contributed by atoms with Crippen molar-refractivity contribution in [2.24, 2.45) is 5.92 Å². The van der Waals surface area contributed by atoms with Crippen LogP contribution >= 0.6 is 0 Å². The number of aromatic nitrogens is 3. The molecule has 1 aliphatic carbocycles. The van der Waals surface area contributed by atoms with Crippen molar-refractivity contribution in [3.05, 3.63) is 18.1 Å². The van der Waals surface area contributed by atoms with Gasteiger partial charge in [-0.05, 0) is 12.8 Å². The first-order valence-electron chi connectivity index (χ1n) is 9.72. The Kier molecular flexibility index (Phi) is 5.04. The number of rotatable bonds is 4. The fourth-order valence-electron chi connectivity index (χ4n) is 4.41. The van der Waals surface area contributed by atoms with Gasteiger partial charge in [0.05, 0.1) is 12.0 Å². The molecule has 0 aromatic carbocycles. The van der Waals surface area contributed by atoms with Crippen molar-refractivity contribution in [2.45, 2.75) is 56.1 Å². The number of aliphatic hydroxyl groups excluding tert-OH is 2. The zero-order chi connectivity index (χ0) is 20.8. The quantitative estimate of drug-likeness (QED) is 0.426. The molecule has 9 nitrogen and oxygen atoms in total. The van der Waals surface area contributed by atoms with Crippen LogP contribution in [-0.4, -0.2) is 60.1 Å². The molecular weight excluding hydrogens is 376 g/mol. The van der Waals surface area contributed by atoms with E-state index in [1.165, 1.54) is 17.1 Å². The molecule has 1 aliphatic heterocycles. The van der Waals surface area contributed by atoms with E-state index in [0.717, 1.165) is 32.1 Å². The van der Waals surface area contributed by atoms with Gasteiger partial charge < -0.3 is 30.4 Å². The summed E-state index contributed by atoms with van der Waals surface area (Å²) in [6, 6.07) is 0. The van der Waals surface area contributed by atoms with Crippen LogP contribution in [0.1, 0.15) is 48.7 Å². The molecule has 1 saturated carbocycles. The lowest BCUT2D eigenvalue weighted by atomic mass is 9.84. The van der Waals surface area contributed by atoms with Gasteiger partial charge in [0.1, 0.15) is 30.0 Å². The number of nitrogen functional groups attached to an aromatic ring is 1. The summed E-state index contributed by atoms with van der Waals surface area (Å²) in [5.74, 6) is 2.13. The SMILES string of the molecule is C#C[C@]1(O)[C@H](O)[C@@H](CO)O[C@H]1n1cc(C(=O)C2CCCCC2)c2c(N)ncnc21. The number of carbonyl (C=O) groups excluding carboxylic acids is 1. The van der Waals surface area contributed by atoms with Gasteiger partial charge in [-0.15, -0.1) is 6.42 Å². The molecule has 2 fully saturated rings. The highest BCUT2D eigenvalue weighted by Gasteiger charge is 2.56. The predicted molar refractivity (Wildman–Crippen MR) is 104 cm³/mol. The van der Waals surface area contributed by atoms with Crippen LogP contribution in [0.15, 0.2) is 12.5 Å². The van der Waals surface area contributed by atoms with E-state index in [9.17, 15) is 20.1 Å². The lowest BCUT2D eigenvalue weighted by Crippen LogP contribution is -2.45. The van der Waals surface area contributed by atoms with Crippen LogP contribution in [0.3, 0.4) is 0 Å². The van der Waals surface area contributed by atoms with Crippen molar-refractivity contribution in [3.8, 4) is 12.3 Å². The topological polar surface area (TPSA) is 144 Å². The Labute approximate surface area is 167 Å². The number of aliphatic hydroxyl groups is 3. The minimum atomic E-state index is -2.12. The van der Waals surface area contributed by atoms with Crippen LogP contribution in [-0.2, 0) is 4.74 Å². The molecule has 1 saturated heterocycles. The van der Waals surface area contributed by atoms with Crippen molar-refractivity contribution >= 4 is 22.6 Å². The highest BCUT2D eigenvalue weighted by atomic mass is 16.6. The van der Waals surface area contributed by atoms with E-state index in [1.807, 2.05) is 0 Å². The lowest BCUT2D eigenvalue weighted by Gasteiger charge is -2.26. The van der Waals surface area contributed by atoms with Crippen LogP contribution in [0, 0.1) is 18.3 Å². The molecule has 2 aromatic rings. The molecular formula is C20H24N4O5. The van der Waals surface area contributed by atoms with Crippen LogP contribution in [0.25, 0.3) is 11.0 Å². The first kappa shape index (κ1) is 19.8. The summed E-state index contributed by atoms with van der Waals surface area (Å²) in [5.41, 5.74) is 4.55. The molecule has 154 valence electrons. The number of fused-ring (bicyclic) bond motifs is 1. The second-order valence-corrected chi connectivity index (χ2v) is 7.73. The van der Waals surface area contributed by atoms with Crippen LogP contribution in [0.5, 0.6) is 0 Å². The smallest absolute Gasteiger partial charge is 0.199 e. The molecule has 4 rings (SSSR count). The molecule has 0 amide bonds. The number of carbonyl (C=O) groups is 1. The van der Waals surface area contributed by atoms with Crippen LogP contribution < -0.4 is 5.73 Å². The van der Waals surface area contributed by atoms with E-state index < -0.39 is 30.6 Å². The molecule has 2 aliphatic rings. The Balaban J connectivity index is 1.85. The number of Topliss-reactive ketones (excluding diaryl/α,β-unsaturated/α-hetero) is 1. The zero-order valence-electron chi connectivity index (χ0n) is 15.9. The highest BCUT2D eigenvalue weighted by molar-refractivity contribution is 6.11. The maximum absolute atomic E-state index is 13.3. The van der Waals surface area contributed by atoms with E-state index in [4.69, 9.17) is 16.9 Å². The largest absolute Gasteiger partial charge is 0.394 e. The third-order valence-corrected chi connectivity index (χ3v) is 6.03. The normalized spacial score (nSPS) is 30.5. The number of nitrogens with zero attached hydrogens (tertiary/aromatic N) is 3. The third kappa shape index (κ3) is 3.00. The summed E-state index contributed by atoms with van der Waals surface area (Å²) in [4.78, 5) is 21.5. The van der Waals surface area contributed by atoms with Gasteiger partial charge in [0.25, 0.3) is 0 Å². The van der Waals surface area contributed by atoms with E-state index in [-0.39, 0.29) is 23.2 Å². The van der Waals surface area contributed by atoms with Crippen molar-refractivity contribution in [2.75, 3.05) is 12.3 Å². The number of anilines is 1. The van der Waals surface area contributed by atoms with E-state index in [1.54, 1.807) is 0 Å². The van der Waals surface area contributed by atoms with Crippen molar-refractivity contribution in [3.63, 3.8) is 0 Å². The number of hydrogen-bond donors (Lipinski definition) is 4. The Morgan fingerprint density at radius 2 is 2.10 bits per heavy atom. The maximum Gasteiger partial charge on any atom is 0.199 e. The van der Waals surface area contributed by atoms with Crippen molar-refractivity contribution in [1.29, 1.82) is 0 Å². The highest BCUT2D eigenvalue weighted by Crippen LogP contribution is 2.41. The van der Waals surface area contributed by atoms with Gasteiger partial charge in [-0.2, -0.15) is 0 Å². The zero-order valence-corrected chi connectivity index (χ0v) is 15.9. The average Bonchev–Trinajstić information content (AvgIpc) is 3.25. The number of nitrogens with two attached hydrogens (primary N) is 1. The van der Waals surface area contributed by atoms with Crippen molar-refractivity contribution < 1.29 is 24.9 Å². The Morgan fingerprint density at radius 1 is 1.38 bits per heavy atom.